The van der Waals surface area contributed by atoms with Crippen LogP contribution in [0.25, 0.3) is 12.2 Å². The van der Waals surface area contributed by atoms with Crippen LogP contribution in [0.5, 0.6) is 5.75 Å². The molecular weight excluding hydrogens is 352 g/mol. The molecular formula is C28H34O. The van der Waals surface area contributed by atoms with Gasteiger partial charge in [0.25, 0.3) is 0 Å². The van der Waals surface area contributed by atoms with Gasteiger partial charge < -0.3 is 4.74 Å². The van der Waals surface area contributed by atoms with E-state index in [2.05, 4.69) is 75.0 Å². The molecule has 0 saturated heterocycles. The third kappa shape index (κ3) is 4.50. The SMILES string of the molecule is C=Cc1cc(C=CC)cc(O[C@H]2c3ccccc3CCC2C2CCC[C@@H](C)C2)c1. The molecule has 152 valence electrons. The van der Waals surface area contributed by atoms with Crippen molar-refractivity contribution in [2.24, 2.45) is 17.8 Å². The molecule has 0 bridgehead atoms. The Morgan fingerprint density at radius 1 is 1.03 bits per heavy atom. The van der Waals surface area contributed by atoms with Gasteiger partial charge in [-0.3, -0.25) is 0 Å². The van der Waals surface area contributed by atoms with Gasteiger partial charge >= 0.3 is 0 Å². The highest BCUT2D eigenvalue weighted by Gasteiger charge is 2.38. The van der Waals surface area contributed by atoms with Crippen LogP contribution in [0.2, 0.25) is 0 Å². The standard InChI is InChI=1S/C28H34O/c1-4-9-22-17-21(5-2)18-25(19-22)29-28-26-13-7-6-11-23(26)14-15-27(28)24-12-8-10-20(3)16-24/h4-7,9,11,13,17-20,24,27-28H,2,8,10,12,14-16H2,1,3H3/t20-,24?,27?,28+/m1/s1. The summed E-state index contributed by atoms with van der Waals surface area (Å²) >= 11 is 0. The summed E-state index contributed by atoms with van der Waals surface area (Å²) in [5.41, 5.74) is 5.15. The number of fused-ring (bicyclic) bond motifs is 1. The minimum absolute atomic E-state index is 0.147. The second-order valence-electron chi connectivity index (χ2n) is 9.01. The quantitative estimate of drug-likeness (QED) is 0.508. The van der Waals surface area contributed by atoms with E-state index in [1.165, 1.54) is 55.2 Å². The van der Waals surface area contributed by atoms with Crippen molar-refractivity contribution in [2.45, 2.75) is 58.5 Å². The van der Waals surface area contributed by atoms with Crippen LogP contribution >= 0.6 is 0 Å². The summed E-state index contributed by atoms with van der Waals surface area (Å²) in [6, 6.07) is 15.4. The molecule has 0 aliphatic heterocycles. The van der Waals surface area contributed by atoms with Crippen molar-refractivity contribution in [1.82, 2.24) is 0 Å². The lowest BCUT2D eigenvalue weighted by Gasteiger charge is -2.41. The summed E-state index contributed by atoms with van der Waals surface area (Å²) in [6.45, 7) is 8.45. The molecule has 2 unspecified atom stereocenters. The van der Waals surface area contributed by atoms with Gasteiger partial charge in [-0.25, -0.2) is 0 Å². The first-order valence-electron chi connectivity index (χ1n) is 11.3. The van der Waals surface area contributed by atoms with Gasteiger partial charge in [0.2, 0.25) is 0 Å². The minimum atomic E-state index is 0.147. The summed E-state index contributed by atoms with van der Waals surface area (Å²) in [6.07, 6.45) is 14.2. The molecule has 2 aromatic rings. The van der Waals surface area contributed by atoms with Crippen LogP contribution in [0.15, 0.2) is 55.1 Å². The molecule has 2 aliphatic rings. The van der Waals surface area contributed by atoms with E-state index >= 15 is 0 Å². The number of allylic oxidation sites excluding steroid dienone is 1. The van der Waals surface area contributed by atoms with E-state index < -0.39 is 0 Å². The zero-order valence-corrected chi connectivity index (χ0v) is 17.9. The molecule has 0 spiro atoms. The number of aryl methyl sites for hydroxylation is 1. The van der Waals surface area contributed by atoms with Crippen molar-refractivity contribution < 1.29 is 4.74 Å². The van der Waals surface area contributed by atoms with Crippen molar-refractivity contribution >= 4 is 12.2 Å². The van der Waals surface area contributed by atoms with Crippen LogP contribution in [0.1, 0.15) is 74.3 Å². The fraction of sp³-hybridized carbons (Fsp3) is 0.429. The lowest BCUT2D eigenvalue weighted by molar-refractivity contribution is 0.0547. The van der Waals surface area contributed by atoms with Crippen LogP contribution in [0.4, 0.5) is 0 Å². The van der Waals surface area contributed by atoms with Crippen molar-refractivity contribution in [3.63, 3.8) is 0 Å². The maximum absolute atomic E-state index is 6.83. The van der Waals surface area contributed by atoms with E-state index in [4.69, 9.17) is 4.74 Å². The van der Waals surface area contributed by atoms with Gasteiger partial charge in [-0.15, -0.1) is 0 Å². The summed E-state index contributed by atoms with van der Waals surface area (Å²) in [7, 11) is 0. The van der Waals surface area contributed by atoms with Gasteiger partial charge in [0, 0.05) is 5.92 Å². The second kappa shape index (κ2) is 9.03. The highest BCUT2D eigenvalue weighted by atomic mass is 16.5. The average molecular weight is 387 g/mol. The van der Waals surface area contributed by atoms with Gasteiger partial charge in [-0.2, -0.15) is 0 Å². The Morgan fingerprint density at radius 2 is 1.86 bits per heavy atom. The Bertz CT molecular complexity index is 878. The van der Waals surface area contributed by atoms with Crippen LogP contribution in [0.3, 0.4) is 0 Å². The fourth-order valence-electron chi connectivity index (χ4n) is 5.51. The predicted molar refractivity (Wildman–Crippen MR) is 124 cm³/mol. The Balaban J connectivity index is 1.69. The highest BCUT2D eigenvalue weighted by molar-refractivity contribution is 5.60. The van der Waals surface area contributed by atoms with E-state index in [9.17, 15) is 0 Å². The molecule has 0 N–H and O–H groups in total. The number of benzene rings is 2. The van der Waals surface area contributed by atoms with E-state index in [0.717, 1.165) is 23.1 Å². The van der Waals surface area contributed by atoms with Crippen molar-refractivity contribution in [3.8, 4) is 5.75 Å². The van der Waals surface area contributed by atoms with Gasteiger partial charge in [0.1, 0.15) is 11.9 Å². The molecule has 1 fully saturated rings. The molecule has 4 rings (SSSR count). The molecule has 1 heteroatoms. The lowest BCUT2D eigenvalue weighted by atomic mass is 9.68. The molecule has 0 heterocycles. The molecule has 2 aromatic carbocycles. The Hall–Kier alpha value is -2.28. The Morgan fingerprint density at radius 3 is 2.66 bits per heavy atom. The van der Waals surface area contributed by atoms with E-state index in [1.807, 2.05) is 6.08 Å². The molecule has 0 aromatic heterocycles. The molecule has 1 saturated carbocycles. The van der Waals surface area contributed by atoms with Gasteiger partial charge in [-0.1, -0.05) is 75.3 Å². The summed E-state index contributed by atoms with van der Waals surface area (Å²) < 4.78 is 6.83. The van der Waals surface area contributed by atoms with Crippen LogP contribution in [-0.2, 0) is 6.42 Å². The maximum atomic E-state index is 6.83. The number of ether oxygens (including phenoxy) is 1. The fourth-order valence-corrected chi connectivity index (χ4v) is 5.51. The maximum Gasteiger partial charge on any atom is 0.127 e. The van der Waals surface area contributed by atoms with Crippen molar-refractivity contribution in [3.05, 3.63) is 77.4 Å². The Labute approximate surface area is 176 Å². The number of hydrogen-bond donors (Lipinski definition) is 0. The summed E-state index contributed by atoms with van der Waals surface area (Å²) in [5, 5.41) is 0. The molecule has 1 nitrogen and oxygen atoms in total. The first-order valence-corrected chi connectivity index (χ1v) is 11.3. The van der Waals surface area contributed by atoms with Gasteiger partial charge in [0.15, 0.2) is 0 Å². The van der Waals surface area contributed by atoms with E-state index in [1.54, 1.807) is 0 Å². The van der Waals surface area contributed by atoms with Gasteiger partial charge in [-0.05, 0) is 78.5 Å². The number of hydrogen-bond acceptors (Lipinski definition) is 1. The number of rotatable bonds is 5. The average Bonchev–Trinajstić information content (AvgIpc) is 2.74. The third-order valence-corrected chi connectivity index (χ3v) is 6.89. The van der Waals surface area contributed by atoms with Gasteiger partial charge in [0.05, 0.1) is 0 Å². The monoisotopic (exact) mass is 386 g/mol. The molecule has 0 radical (unpaired) electrons. The van der Waals surface area contributed by atoms with Crippen LogP contribution in [0, 0.1) is 17.8 Å². The van der Waals surface area contributed by atoms with Crippen molar-refractivity contribution in [2.75, 3.05) is 0 Å². The largest absolute Gasteiger partial charge is 0.485 e. The molecule has 4 atom stereocenters. The second-order valence-corrected chi connectivity index (χ2v) is 9.01. The third-order valence-electron chi connectivity index (χ3n) is 6.89. The van der Waals surface area contributed by atoms with E-state index in [0.29, 0.717) is 5.92 Å². The Kier molecular flexibility index (Phi) is 6.23. The predicted octanol–water partition coefficient (Wildman–Crippen LogP) is 7.87. The molecule has 29 heavy (non-hydrogen) atoms. The highest BCUT2D eigenvalue weighted by Crippen LogP contribution is 2.46. The van der Waals surface area contributed by atoms with E-state index in [-0.39, 0.29) is 6.10 Å². The summed E-state index contributed by atoms with van der Waals surface area (Å²) in [5.74, 6) is 3.18. The lowest BCUT2D eigenvalue weighted by Crippen LogP contribution is -2.33. The molecule has 0 amide bonds. The van der Waals surface area contributed by atoms with Crippen molar-refractivity contribution in [1.29, 1.82) is 0 Å². The normalized spacial score (nSPS) is 26.8. The summed E-state index contributed by atoms with van der Waals surface area (Å²) in [4.78, 5) is 0. The van der Waals surface area contributed by atoms with Crippen LogP contribution in [-0.4, -0.2) is 0 Å². The minimum Gasteiger partial charge on any atom is -0.485 e. The zero-order chi connectivity index (χ0) is 20.2. The zero-order valence-electron chi connectivity index (χ0n) is 17.9. The smallest absolute Gasteiger partial charge is 0.127 e. The molecule has 2 aliphatic carbocycles. The van der Waals surface area contributed by atoms with Crippen LogP contribution < -0.4 is 4.74 Å². The first-order chi connectivity index (χ1) is 14.2. The topological polar surface area (TPSA) is 9.23 Å². The first kappa shape index (κ1) is 20.0.